The molecule has 0 spiro atoms. The maximum absolute atomic E-state index is 13.5. The number of fused-ring (bicyclic) bond motifs is 3. The van der Waals surface area contributed by atoms with Gasteiger partial charge < -0.3 is 9.47 Å². The van der Waals surface area contributed by atoms with E-state index in [1.54, 1.807) is 18.2 Å². The summed E-state index contributed by atoms with van der Waals surface area (Å²) >= 11 is 0. The van der Waals surface area contributed by atoms with Gasteiger partial charge in [-0.15, -0.1) is 0 Å². The van der Waals surface area contributed by atoms with E-state index in [0.717, 1.165) is 23.4 Å². The second-order valence-corrected chi connectivity index (χ2v) is 7.83. The van der Waals surface area contributed by atoms with E-state index in [1.807, 2.05) is 13.0 Å². The molecule has 0 unspecified atom stereocenters. The van der Waals surface area contributed by atoms with Gasteiger partial charge >= 0.3 is 0 Å². The van der Waals surface area contributed by atoms with Crippen LogP contribution in [0.5, 0.6) is 11.5 Å². The number of carbonyl (C=O) groups excluding carboxylic acids is 1. The number of ketones is 1. The molecule has 144 valence electrons. The Bertz CT molecular complexity index is 992. The average molecular weight is 379 g/mol. The van der Waals surface area contributed by atoms with Crippen molar-refractivity contribution in [1.29, 1.82) is 0 Å². The Kier molecular flexibility index (Phi) is 4.20. The van der Waals surface area contributed by atoms with Gasteiger partial charge in [0.05, 0.1) is 11.1 Å². The first-order chi connectivity index (χ1) is 13.6. The number of aryl methyl sites for hydroxylation is 1. The van der Waals surface area contributed by atoms with Crippen molar-refractivity contribution in [2.24, 2.45) is 0 Å². The standard InChI is InChI=1S/C23H22FNO3/c1-14-9-19-18(12-25(13-27-19)17-7-2-3-8-17)23-21(14)22(26)20(28-23)11-15-5-4-6-16(24)10-15/h4-6,9-11,17H,2-3,7-8,12-13H2,1H3/b20-11-. The third-order valence-electron chi connectivity index (χ3n) is 5.94. The van der Waals surface area contributed by atoms with Crippen molar-refractivity contribution in [3.05, 3.63) is 64.2 Å². The molecule has 2 aromatic rings. The number of ether oxygens (including phenoxy) is 2. The van der Waals surface area contributed by atoms with Gasteiger partial charge in [-0.05, 0) is 55.2 Å². The molecule has 1 fully saturated rings. The van der Waals surface area contributed by atoms with Crippen molar-refractivity contribution in [3.8, 4) is 11.5 Å². The highest BCUT2D eigenvalue weighted by molar-refractivity contribution is 6.15. The summed E-state index contributed by atoms with van der Waals surface area (Å²) in [5.74, 6) is 1.13. The van der Waals surface area contributed by atoms with Gasteiger partial charge in [0.1, 0.15) is 24.0 Å². The molecule has 0 radical (unpaired) electrons. The van der Waals surface area contributed by atoms with E-state index in [2.05, 4.69) is 4.90 Å². The Hall–Kier alpha value is -2.66. The van der Waals surface area contributed by atoms with Crippen LogP contribution >= 0.6 is 0 Å². The maximum atomic E-state index is 13.5. The van der Waals surface area contributed by atoms with Crippen molar-refractivity contribution >= 4 is 11.9 Å². The van der Waals surface area contributed by atoms with Gasteiger partial charge in [-0.3, -0.25) is 9.69 Å². The monoisotopic (exact) mass is 379 g/mol. The Balaban J connectivity index is 1.52. The fraction of sp³-hybridized carbons (Fsp3) is 0.348. The number of carbonyl (C=O) groups is 1. The van der Waals surface area contributed by atoms with E-state index in [0.29, 0.717) is 29.6 Å². The molecule has 1 saturated carbocycles. The van der Waals surface area contributed by atoms with Crippen molar-refractivity contribution in [3.63, 3.8) is 0 Å². The zero-order valence-corrected chi connectivity index (χ0v) is 15.8. The average Bonchev–Trinajstić information content (AvgIpc) is 3.31. The minimum absolute atomic E-state index is 0.155. The lowest BCUT2D eigenvalue weighted by atomic mass is 9.98. The van der Waals surface area contributed by atoms with Crippen LogP contribution in [0.25, 0.3) is 6.08 Å². The molecule has 0 bridgehead atoms. The van der Waals surface area contributed by atoms with Crippen LogP contribution in [0, 0.1) is 12.7 Å². The summed E-state index contributed by atoms with van der Waals surface area (Å²) in [6, 6.07) is 8.61. The Labute approximate surface area is 163 Å². The molecule has 0 saturated heterocycles. The maximum Gasteiger partial charge on any atom is 0.232 e. The zero-order chi connectivity index (χ0) is 19.3. The smallest absolute Gasteiger partial charge is 0.232 e. The number of halogens is 1. The summed E-state index contributed by atoms with van der Waals surface area (Å²) in [4.78, 5) is 15.3. The topological polar surface area (TPSA) is 38.8 Å². The highest BCUT2D eigenvalue weighted by Gasteiger charge is 2.36. The van der Waals surface area contributed by atoms with Crippen molar-refractivity contribution in [1.82, 2.24) is 4.90 Å². The molecular formula is C23H22FNO3. The molecule has 2 aliphatic heterocycles. The number of hydrogen-bond acceptors (Lipinski definition) is 4. The van der Waals surface area contributed by atoms with Crippen molar-refractivity contribution in [2.45, 2.75) is 45.2 Å². The molecular weight excluding hydrogens is 357 g/mol. The van der Waals surface area contributed by atoms with Crippen LogP contribution in [0.2, 0.25) is 0 Å². The van der Waals surface area contributed by atoms with E-state index >= 15 is 0 Å². The fourth-order valence-corrected chi connectivity index (χ4v) is 4.50. The number of nitrogens with zero attached hydrogens (tertiary/aromatic N) is 1. The lowest BCUT2D eigenvalue weighted by Crippen LogP contribution is -2.39. The number of allylic oxidation sites excluding steroid dienone is 1. The van der Waals surface area contributed by atoms with Crippen LogP contribution in [0.15, 0.2) is 36.1 Å². The van der Waals surface area contributed by atoms with Gasteiger partial charge in [-0.25, -0.2) is 4.39 Å². The number of hydrogen-bond donors (Lipinski definition) is 0. The number of Topliss-reactive ketones (excluding diaryl/α,β-unsaturated/α-hetero) is 1. The van der Waals surface area contributed by atoms with Crippen LogP contribution in [0.1, 0.15) is 52.7 Å². The quantitative estimate of drug-likeness (QED) is 0.700. The molecule has 4 nitrogen and oxygen atoms in total. The summed E-state index contributed by atoms with van der Waals surface area (Å²) in [5.41, 5.74) is 2.98. The van der Waals surface area contributed by atoms with E-state index in [4.69, 9.17) is 9.47 Å². The Morgan fingerprint density at radius 1 is 1.21 bits per heavy atom. The normalized spacial score (nSPS) is 20.8. The van der Waals surface area contributed by atoms with Gasteiger partial charge in [-0.1, -0.05) is 25.0 Å². The third kappa shape index (κ3) is 2.90. The van der Waals surface area contributed by atoms with Crippen LogP contribution < -0.4 is 9.47 Å². The third-order valence-corrected chi connectivity index (χ3v) is 5.94. The van der Waals surface area contributed by atoms with Crippen LogP contribution in [0.4, 0.5) is 4.39 Å². The molecule has 1 aliphatic carbocycles. The number of rotatable bonds is 2. The summed E-state index contributed by atoms with van der Waals surface area (Å²) < 4.78 is 25.6. The van der Waals surface area contributed by atoms with Crippen LogP contribution in [-0.4, -0.2) is 23.5 Å². The largest absolute Gasteiger partial charge is 0.478 e. The van der Waals surface area contributed by atoms with E-state index in [1.165, 1.54) is 37.8 Å². The van der Waals surface area contributed by atoms with Crippen molar-refractivity contribution < 1.29 is 18.7 Å². The van der Waals surface area contributed by atoms with Gasteiger partial charge in [-0.2, -0.15) is 0 Å². The van der Waals surface area contributed by atoms with E-state index in [-0.39, 0.29) is 17.4 Å². The SMILES string of the molecule is Cc1cc2c(c3c1C(=O)/C(=C/c1cccc(F)c1)O3)CN(C1CCCC1)CO2. The molecule has 0 amide bonds. The molecule has 0 N–H and O–H groups in total. The predicted molar refractivity (Wildman–Crippen MR) is 104 cm³/mol. The molecule has 2 aromatic carbocycles. The lowest BCUT2D eigenvalue weighted by molar-refractivity contribution is 0.0567. The molecule has 0 atom stereocenters. The summed E-state index contributed by atoms with van der Waals surface area (Å²) in [6.07, 6.45) is 6.51. The fourth-order valence-electron chi connectivity index (χ4n) is 4.50. The van der Waals surface area contributed by atoms with Crippen LogP contribution in [-0.2, 0) is 6.54 Å². The second kappa shape index (κ2) is 6.74. The molecule has 5 heteroatoms. The lowest BCUT2D eigenvalue weighted by Gasteiger charge is -2.34. The van der Waals surface area contributed by atoms with Gasteiger partial charge in [0, 0.05) is 12.6 Å². The summed E-state index contributed by atoms with van der Waals surface area (Å²) in [5, 5.41) is 0. The Morgan fingerprint density at radius 3 is 2.82 bits per heavy atom. The highest BCUT2D eigenvalue weighted by atomic mass is 19.1. The molecule has 2 heterocycles. The molecule has 28 heavy (non-hydrogen) atoms. The second-order valence-electron chi connectivity index (χ2n) is 7.83. The van der Waals surface area contributed by atoms with Gasteiger partial charge in [0.2, 0.25) is 5.78 Å². The van der Waals surface area contributed by atoms with E-state index in [9.17, 15) is 9.18 Å². The first kappa shape index (κ1) is 17.4. The van der Waals surface area contributed by atoms with Gasteiger partial charge in [0.25, 0.3) is 0 Å². The molecule has 0 aromatic heterocycles. The van der Waals surface area contributed by atoms with Crippen molar-refractivity contribution in [2.75, 3.05) is 6.73 Å². The molecule has 5 rings (SSSR count). The van der Waals surface area contributed by atoms with Crippen LogP contribution in [0.3, 0.4) is 0 Å². The highest BCUT2D eigenvalue weighted by Crippen LogP contribution is 2.44. The Morgan fingerprint density at radius 2 is 2.04 bits per heavy atom. The predicted octanol–water partition coefficient (Wildman–Crippen LogP) is 4.84. The first-order valence-electron chi connectivity index (χ1n) is 9.83. The molecule has 3 aliphatic rings. The zero-order valence-electron chi connectivity index (χ0n) is 15.8. The number of benzene rings is 2. The van der Waals surface area contributed by atoms with Gasteiger partial charge in [0.15, 0.2) is 5.76 Å². The minimum Gasteiger partial charge on any atom is -0.478 e. The minimum atomic E-state index is -0.341. The summed E-state index contributed by atoms with van der Waals surface area (Å²) in [6.45, 7) is 3.21. The summed E-state index contributed by atoms with van der Waals surface area (Å²) in [7, 11) is 0. The first-order valence-corrected chi connectivity index (χ1v) is 9.83. The van der Waals surface area contributed by atoms with E-state index < -0.39 is 0 Å².